The largest absolute Gasteiger partial charge is 0.350 e. The molecule has 1 amide bonds. The first-order chi connectivity index (χ1) is 7.97. The van der Waals surface area contributed by atoms with Crippen molar-refractivity contribution in [1.82, 2.24) is 15.1 Å². The summed E-state index contributed by atoms with van der Waals surface area (Å²) in [5, 5.41) is 7.07. The van der Waals surface area contributed by atoms with E-state index in [4.69, 9.17) is 11.6 Å². The van der Waals surface area contributed by atoms with E-state index < -0.39 is 0 Å². The Balaban J connectivity index is 2.64. The lowest BCUT2D eigenvalue weighted by atomic mass is 10.2. The van der Waals surface area contributed by atoms with Crippen LogP contribution in [-0.4, -0.2) is 27.6 Å². The molecule has 0 spiro atoms. The average molecular weight is 258 g/mol. The molecule has 1 rings (SSSR count). The van der Waals surface area contributed by atoms with Crippen LogP contribution in [0.4, 0.5) is 0 Å². The second kappa shape index (κ2) is 6.05. The molecule has 0 saturated carbocycles. The molecule has 1 aromatic rings. The van der Waals surface area contributed by atoms with Crippen molar-refractivity contribution in [2.24, 2.45) is 7.05 Å². The molecule has 0 aliphatic carbocycles. The van der Waals surface area contributed by atoms with Crippen LogP contribution in [0.3, 0.4) is 0 Å². The minimum absolute atomic E-state index is 0.00114. The van der Waals surface area contributed by atoms with Crippen molar-refractivity contribution in [3.63, 3.8) is 0 Å². The topological polar surface area (TPSA) is 46.9 Å². The Morgan fingerprint density at radius 1 is 1.53 bits per heavy atom. The lowest BCUT2D eigenvalue weighted by Crippen LogP contribution is -2.30. The molecule has 4 nitrogen and oxygen atoms in total. The first-order valence-corrected chi connectivity index (χ1v) is 6.33. The lowest BCUT2D eigenvalue weighted by molar-refractivity contribution is 0.0952. The van der Waals surface area contributed by atoms with Gasteiger partial charge >= 0.3 is 0 Å². The maximum Gasteiger partial charge on any atom is 0.255 e. The molecule has 17 heavy (non-hydrogen) atoms. The van der Waals surface area contributed by atoms with Crippen LogP contribution in [0.5, 0.6) is 0 Å². The summed E-state index contributed by atoms with van der Waals surface area (Å²) in [5.41, 5.74) is 2.29. The van der Waals surface area contributed by atoms with Crippen LogP contribution >= 0.6 is 11.6 Å². The maximum absolute atomic E-state index is 12.0. The molecule has 1 N–H and O–H groups in total. The van der Waals surface area contributed by atoms with E-state index in [2.05, 4.69) is 17.3 Å². The molecule has 0 fully saturated rings. The number of nitrogens with zero attached hydrogens (tertiary/aromatic N) is 2. The van der Waals surface area contributed by atoms with Gasteiger partial charge in [0.05, 0.1) is 16.6 Å². The van der Waals surface area contributed by atoms with Crippen LogP contribution in [0.2, 0.25) is 0 Å². The molecular formula is C12H20ClN3O. The van der Waals surface area contributed by atoms with Gasteiger partial charge in [-0.1, -0.05) is 13.3 Å². The van der Waals surface area contributed by atoms with Gasteiger partial charge in [0.25, 0.3) is 5.91 Å². The van der Waals surface area contributed by atoms with E-state index in [-0.39, 0.29) is 11.3 Å². The molecule has 0 bridgehead atoms. The molecule has 5 heteroatoms. The maximum atomic E-state index is 12.0. The number of aromatic nitrogens is 2. The molecule has 1 heterocycles. The number of carbonyl (C=O) groups is 1. The minimum atomic E-state index is -0.0881. The summed E-state index contributed by atoms with van der Waals surface area (Å²) in [4.78, 5) is 12.0. The van der Waals surface area contributed by atoms with Gasteiger partial charge in [-0.25, -0.2) is 0 Å². The summed E-state index contributed by atoms with van der Waals surface area (Å²) in [6.45, 7) is 6.31. The highest BCUT2D eigenvalue weighted by atomic mass is 35.5. The van der Waals surface area contributed by atoms with E-state index in [1.165, 1.54) is 0 Å². The van der Waals surface area contributed by atoms with Crippen molar-refractivity contribution in [3.8, 4) is 0 Å². The molecule has 0 aliphatic rings. The normalized spacial score (nSPS) is 12.5. The van der Waals surface area contributed by atoms with Gasteiger partial charge in [-0.05, 0) is 20.3 Å². The van der Waals surface area contributed by atoms with Gasteiger partial charge in [0.1, 0.15) is 0 Å². The van der Waals surface area contributed by atoms with Gasteiger partial charge in [0.15, 0.2) is 0 Å². The zero-order valence-electron chi connectivity index (χ0n) is 10.9. The highest BCUT2D eigenvalue weighted by Gasteiger charge is 2.17. The van der Waals surface area contributed by atoms with Crippen LogP contribution in [0.1, 0.15) is 41.5 Å². The van der Waals surface area contributed by atoms with E-state index in [9.17, 15) is 4.79 Å². The van der Waals surface area contributed by atoms with Gasteiger partial charge in [0.2, 0.25) is 0 Å². The Kier molecular flexibility index (Phi) is 5.00. The van der Waals surface area contributed by atoms with Crippen molar-refractivity contribution in [2.45, 2.75) is 39.0 Å². The zero-order valence-corrected chi connectivity index (χ0v) is 11.6. The van der Waals surface area contributed by atoms with Crippen molar-refractivity contribution in [3.05, 3.63) is 17.0 Å². The second-order valence-corrected chi connectivity index (χ2v) is 4.88. The van der Waals surface area contributed by atoms with Gasteiger partial charge < -0.3 is 5.32 Å². The van der Waals surface area contributed by atoms with E-state index in [0.717, 1.165) is 24.2 Å². The predicted molar refractivity (Wildman–Crippen MR) is 69.6 cm³/mol. The van der Waals surface area contributed by atoms with Crippen molar-refractivity contribution in [1.29, 1.82) is 0 Å². The average Bonchev–Trinajstić information content (AvgIpc) is 2.50. The molecule has 1 unspecified atom stereocenters. The molecule has 1 aromatic heterocycles. The highest BCUT2D eigenvalue weighted by molar-refractivity contribution is 6.20. The van der Waals surface area contributed by atoms with Crippen molar-refractivity contribution in [2.75, 3.05) is 6.54 Å². The Labute approximate surface area is 107 Å². The standard InChI is InChI=1S/C12H20ClN3O/c1-5-6-10(13)7-14-12(17)11-8(2)15-16(4)9(11)3/h10H,5-7H2,1-4H3,(H,14,17). The fraction of sp³-hybridized carbons (Fsp3) is 0.667. The lowest BCUT2D eigenvalue weighted by Gasteiger charge is -2.09. The summed E-state index contributed by atoms with van der Waals surface area (Å²) in [6.07, 6.45) is 1.93. The first kappa shape index (κ1) is 14.0. The van der Waals surface area contributed by atoms with E-state index in [1.54, 1.807) is 4.68 Å². The van der Waals surface area contributed by atoms with Crippen LogP contribution in [-0.2, 0) is 7.05 Å². The molecule has 0 aromatic carbocycles. The number of rotatable bonds is 5. The van der Waals surface area contributed by atoms with Crippen LogP contribution in [0.15, 0.2) is 0 Å². The Morgan fingerprint density at radius 2 is 2.18 bits per heavy atom. The molecule has 96 valence electrons. The smallest absolute Gasteiger partial charge is 0.255 e. The number of nitrogens with one attached hydrogen (secondary N) is 1. The number of carbonyl (C=O) groups excluding carboxylic acids is 1. The first-order valence-electron chi connectivity index (χ1n) is 5.89. The Morgan fingerprint density at radius 3 is 2.65 bits per heavy atom. The molecule has 0 aliphatic heterocycles. The number of aryl methyl sites for hydroxylation is 2. The number of hydrogen-bond donors (Lipinski definition) is 1. The summed E-state index contributed by atoms with van der Waals surface area (Å²) >= 11 is 6.06. The minimum Gasteiger partial charge on any atom is -0.350 e. The monoisotopic (exact) mass is 257 g/mol. The van der Waals surface area contributed by atoms with Gasteiger partial charge in [0, 0.05) is 19.3 Å². The van der Waals surface area contributed by atoms with Crippen LogP contribution in [0.25, 0.3) is 0 Å². The molecule has 0 radical (unpaired) electrons. The second-order valence-electron chi connectivity index (χ2n) is 4.27. The fourth-order valence-corrected chi connectivity index (χ4v) is 2.10. The van der Waals surface area contributed by atoms with Gasteiger partial charge in [-0.2, -0.15) is 5.10 Å². The van der Waals surface area contributed by atoms with Crippen molar-refractivity contribution < 1.29 is 4.79 Å². The zero-order chi connectivity index (χ0) is 13.0. The van der Waals surface area contributed by atoms with Crippen LogP contribution in [0, 0.1) is 13.8 Å². The number of hydrogen-bond acceptors (Lipinski definition) is 2. The van der Waals surface area contributed by atoms with Crippen molar-refractivity contribution >= 4 is 17.5 Å². The fourth-order valence-electron chi connectivity index (χ4n) is 1.81. The third kappa shape index (κ3) is 3.46. The van der Waals surface area contributed by atoms with E-state index >= 15 is 0 Å². The summed E-state index contributed by atoms with van der Waals surface area (Å²) < 4.78 is 1.72. The van der Waals surface area contributed by atoms with E-state index in [1.807, 2.05) is 20.9 Å². The predicted octanol–water partition coefficient (Wildman–Crippen LogP) is 2.17. The number of alkyl halides is 1. The highest BCUT2D eigenvalue weighted by Crippen LogP contribution is 2.12. The van der Waals surface area contributed by atoms with Crippen LogP contribution < -0.4 is 5.32 Å². The quantitative estimate of drug-likeness (QED) is 0.822. The Bertz CT molecular complexity index is 401. The third-order valence-electron chi connectivity index (χ3n) is 2.82. The summed E-state index contributed by atoms with van der Waals surface area (Å²) in [7, 11) is 1.83. The van der Waals surface area contributed by atoms with Gasteiger partial charge in [-0.3, -0.25) is 9.48 Å². The SMILES string of the molecule is CCCC(Cl)CNC(=O)c1c(C)nn(C)c1C. The molecule has 0 saturated heterocycles. The Hall–Kier alpha value is -1.03. The molecule has 1 atom stereocenters. The van der Waals surface area contributed by atoms with E-state index in [0.29, 0.717) is 12.1 Å². The summed E-state index contributed by atoms with van der Waals surface area (Å²) in [5.74, 6) is -0.0881. The van der Waals surface area contributed by atoms with Gasteiger partial charge in [-0.15, -0.1) is 11.6 Å². The molecular weight excluding hydrogens is 238 g/mol. The third-order valence-corrected chi connectivity index (χ3v) is 3.19. The number of amides is 1. The summed E-state index contributed by atoms with van der Waals surface area (Å²) in [6, 6.07) is 0. The number of halogens is 1.